The zero-order valence-corrected chi connectivity index (χ0v) is 9.96. The Hall–Kier alpha value is -2.21. The molecular weight excluding hydrogens is 230 g/mol. The number of anilines is 1. The molecular formula is C12H13N5O. The van der Waals surface area contributed by atoms with Crippen molar-refractivity contribution in [2.75, 3.05) is 18.5 Å². The number of rotatable bonds is 3. The molecule has 0 spiro atoms. The van der Waals surface area contributed by atoms with Crippen LogP contribution in [-0.2, 0) is 7.05 Å². The number of nitrogens with one attached hydrogen (secondary N) is 1. The molecule has 0 amide bonds. The van der Waals surface area contributed by atoms with Gasteiger partial charge in [0.2, 0.25) is 5.95 Å². The van der Waals surface area contributed by atoms with E-state index in [-0.39, 0.29) is 6.61 Å². The molecule has 0 saturated carbocycles. The van der Waals surface area contributed by atoms with Crippen molar-refractivity contribution < 1.29 is 5.11 Å². The molecule has 2 N–H and O–H groups in total. The molecule has 6 heteroatoms. The molecule has 1 aromatic carbocycles. The average molecular weight is 243 g/mol. The predicted molar refractivity (Wildman–Crippen MR) is 69.4 cm³/mol. The summed E-state index contributed by atoms with van der Waals surface area (Å²) in [6, 6.07) is 8.00. The van der Waals surface area contributed by atoms with Gasteiger partial charge in [-0.2, -0.15) is 4.98 Å². The molecule has 0 radical (unpaired) electrons. The van der Waals surface area contributed by atoms with Gasteiger partial charge in [0.15, 0.2) is 5.65 Å². The third-order valence-corrected chi connectivity index (χ3v) is 2.90. The maximum Gasteiger partial charge on any atom is 0.244 e. The van der Waals surface area contributed by atoms with Crippen LogP contribution in [0.2, 0.25) is 0 Å². The minimum atomic E-state index is 0.0382. The van der Waals surface area contributed by atoms with Gasteiger partial charge in [-0.1, -0.05) is 18.2 Å². The maximum absolute atomic E-state index is 8.77. The molecule has 2 aromatic heterocycles. The van der Waals surface area contributed by atoms with E-state index in [9.17, 15) is 0 Å². The quantitative estimate of drug-likeness (QED) is 0.715. The second-order valence-electron chi connectivity index (χ2n) is 4.03. The molecule has 0 aliphatic heterocycles. The number of aliphatic hydroxyl groups is 1. The molecule has 2 heterocycles. The first-order chi connectivity index (χ1) is 8.81. The topological polar surface area (TPSA) is 75.9 Å². The van der Waals surface area contributed by atoms with Crippen molar-refractivity contribution in [3.05, 3.63) is 24.3 Å². The number of aryl methyl sites for hydroxylation is 1. The Kier molecular flexibility index (Phi) is 2.56. The highest BCUT2D eigenvalue weighted by Crippen LogP contribution is 2.24. The Balaban J connectivity index is 2.22. The molecule has 0 saturated heterocycles. The summed E-state index contributed by atoms with van der Waals surface area (Å²) in [5.74, 6) is 0.433. The van der Waals surface area contributed by atoms with Gasteiger partial charge in [0, 0.05) is 19.0 Å². The fraction of sp³-hybridized carbons (Fsp3) is 0.250. The highest BCUT2D eigenvalue weighted by Gasteiger charge is 2.11. The first-order valence-corrected chi connectivity index (χ1v) is 5.74. The van der Waals surface area contributed by atoms with Gasteiger partial charge in [0.25, 0.3) is 0 Å². The largest absolute Gasteiger partial charge is 0.395 e. The summed E-state index contributed by atoms with van der Waals surface area (Å²) in [6.45, 7) is 0.452. The standard InChI is InChI=1S/C12H13N5O/c1-17-9-5-3-2-4-8(9)10-11(17)14-12(16-15-10)13-6-7-18/h2-5,18H,6-7H2,1H3,(H,13,14,16). The number of aromatic nitrogens is 4. The van der Waals surface area contributed by atoms with E-state index in [0.29, 0.717) is 12.5 Å². The number of aliphatic hydroxyl groups excluding tert-OH is 1. The molecule has 0 unspecified atom stereocenters. The van der Waals surface area contributed by atoms with Gasteiger partial charge in [-0.15, -0.1) is 10.2 Å². The van der Waals surface area contributed by atoms with Gasteiger partial charge in [0.1, 0.15) is 5.52 Å². The van der Waals surface area contributed by atoms with Crippen molar-refractivity contribution in [2.45, 2.75) is 0 Å². The second kappa shape index (κ2) is 4.23. The van der Waals surface area contributed by atoms with E-state index < -0.39 is 0 Å². The molecule has 3 aromatic rings. The van der Waals surface area contributed by atoms with Crippen molar-refractivity contribution in [1.82, 2.24) is 19.7 Å². The second-order valence-corrected chi connectivity index (χ2v) is 4.03. The highest BCUT2D eigenvalue weighted by molar-refractivity contribution is 6.04. The zero-order chi connectivity index (χ0) is 12.5. The lowest BCUT2D eigenvalue weighted by atomic mass is 10.2. The van der Waals surface area contributed by atoms with Crippen LogP contribution in [0.1, 0.15) is 0 Å². The van der Waals surface area contributed by atoms with Crippen LogP contribution in [0, 0.1) is 0 Å². The summed E-state index contributed by atoms with van der Waals surface area (Å²) >= 11 is 0. The SMILES string of the molecule is Cn1c2ccccc2c2nnc(NCCO)nc21. The van der Waals surface area contributed by atoms with E-state index in [1.807, 2.05) is 35.9 Å². The van der Waals surface area contributed by atoms with E-state index in [0.717, 1.165) is 22.1 Å². The average Bonchev–Trinajstić information content (AvgIpc) is 2.71. The maximum atomic E-state index is 8.77. The zero-order valence-electron chi connectivity index (χ0n) is 9.96. The molecule has 18 heavy (non-hydrogen) atoms. The fourth-order valence-electron chi connectivity index (χ4n) is 2.05. The van der Waals surface area contributed by atoms with Gasteiger partial charge >= 0.3 is 0 Å². The molecule has 6 nitrogen and oxygen atoms in total. The van der Waals surface area contributed by atoms with E-state index in [1.54, 1.807) is 0 Å². The van der Waals surface area contributed by atoms with Crippen molar-refractivity contribution in [3.8, 4) is 0 Å². The van der Waals surface area contributed by atoms with Gasteiger partial charge in [0.05, 0.1) is 12.1 Å². The summed E-state index contributed by atoms with van der Waals surface area (Å²) in [7, 11) is 1.95. The van der Waals surface area contributed by atoms with Crippen molar-refractivity contribution >= 4 is 28.0 Å². The number of hydrogen-bond donors (Lipinski definition) is 2. The van der Waals surface area contributed by atoms with E-state index in [1.165, 1.54) is 0 Å². The van der Waals surface area contributed by atoms with Crippen molar-refractivity contribution in [2.24, 2.45) is 7.05 Å². The Labute approximate surface area is 103 Å². The van der Waals surface area contributed by atoms with Gasteiger partial charge in [-0.05, 0) is 6.07 Å². The Bertz CT molecular complexity index is 706. The third kappa shape index (κ3) is 1.58. The molecule has 3 rings (SSSR count). The smallest absolute Gasteiger partial charge is 0.244 e. The van der Waals surface area contributed by atoms with Crippen LogP contribution in [0.4, 0.5) is 5.95 Å². The molecule has 0 atom stereocenters. The minimum Gasteiger partial charge on any atom is -0.395 e. The monoisotopic (exact) mass is 243 g/mol. The Morgan fingerprint density at radius 1 is 1.28 bits per heavy atom. The summed E-state index contributed by atoms with van der Waals surface area (Å²) in [4.78, 5) is 4.42. The highest BCUT2D eigenvalue weighted by atomic mass is 16.3. The fourth-order valence-corrected chi connectivity index (χ4v) is 2.05. The van der Waals surface area contributed by atoms with Crippen molar-refractivity contribution in [3.63, 3.8) is 0 Å². The Morgan fingerprint density at radius 3 is 2.94 bits per heavy atom. The van der Waals surface area contributed by atoms with Gasteiger partial charge in [-0.3, -0.25) is 0 Å². The van der Waals surface area contributed by atoms with Crippen LogP contribution in [-0.4, -0.2) is 38.0 Å². The summed E-state index contributed by atoms with van der Waals surface area (Å²) < 4.78 is 1.99. The van der Waals surface area contributed by atoms with Crippen LogP contribution in [0.5, 0.6) is 0 Å². The lowest BCUT2D eigenvalue weighted by molar-refractivity contribution is 0.310. The summed E-state index contributed by atoms with van der Waals surface area (Å²) in [6.07, 6.45) is 0. The lowest BCUT2D eigenvalue weighted by Gasteiger charge is -2.01. The molecule has 0 aliphatic rings. The van der Waals surface area contributed by atoms with Crippen molar-refractivity contribution in [1.29, 1.82) is 0 Å². The molecule has 0 aliphatic carbocycles. The van der Waals surface area contributed by atoms with Crippen LogP contribution in [0.3, 0.4) is 0 Å². The van der Waals surface area contributed by atoms with Gasteiger partial charge in [-0.25, -0.2) is 0 Å². The summed E-state index contributed by atoms with van der Waals surface area (Å²) in [5, 5.41) is 20.9. The van der Waals surface area contributed by atoms with Crippen LogP contribution < -0.4 is 5.32 Å². The van der Waals surface area contributed by atoms with E-state index >= 15 is 0 Å². The predicted octanol–water partition coefficient (Wildman–Crippen LogP) is 0.921. The summed E-state index contributed by atoms with van der Waals surface area (Å²) in [5.41, 5.74) is 2.66. The normalized spacial score (nSPS) is 11.2. The van der Waals surface area contributed by atoms with E-state index in [4.69, 9.17) is 5.11 Å². The third-order valence-electron chi connectivity index (χ3n) is 2.90. The molecule has 0 fully saturated rings. The number of nitrogens with zero attached hydrogens (tertiary/aromatic N) is 4. The minimum absolute atomic E-state index is 0.0382. The van der Waals surface area contributed by atoms with E-state index in [2.05, 4.69) is 20.5 Å². The number of benzene rings is 1. The van der Waals surface area contributed by atoms with Gasteiger partial charge < -0.3 is 15.0 Å². The Morgan fingerprint density at radius 2 is 2.11 bits per heavy atom. The first-order valence-electron chi connectivity index (χ1n) is 5.74. The molecule has 0 bridgehead atoms. The van der Waals surface area contributed by atoms with Crippen LogP contribution in [0.25, 0.3) is 22.1 Å². The van der Waals surface area contributed by atoms with Crippen LogP contribution >= 0.6 is 0 Å². The lowest BCUT2D eigenvalue weighted by Crippen LogP contribution is -2.09. The first kappa shape index (κ1) is 10.9. The number of hydrogen-bond acceptors (Lipinski definition) is 5. The molecule has 92 valence electrons. The number of fused-ring (bicyclic) bond motifs is 3. The van der Waals surface area contributed by atoms with Crippen LogP contribution in [0.15, 0.2) is 24.3 Å². The number of para-hydroxylation sites is 1.